The molecule has 0 saturated carbocycles. The number of pyridine rings is 1. The molecule has 0 aliphatic heterocycles. The van der Waals surface area contributed by atoms with Crippen molar-refractivity contribution in [1.29, 1.82) is 5.26 Å². The second-order valence-corrected chi connectivity index (χ2v) is 3.65. The number of hydrogen-bond donors (Lipinski definition) is 0. The summed E-state index contributed by atoms with van der Waals surface area (Å²) in [5.41, 5.74) is 1.51. The van der Waals surface area contributed by atoms with E-state index in [1.165, 1.54) is 0 Å². The van der Waals surface area contributed by atoms with Gasteiger partial charge >= 0.3 is 0 Å². The van der Waals surface area contributed by atoms with E-state index < -0.39 is 0 Å². The van der Waals surface area contributed by atoms with E-state index >= 15 is 0 Å². The van der Waals surface area contributed by atoms with Crippen molar-refractivity contribution in [3.8, 4) is 6.07 Å². The lowest BCUT2D eigenvalue weighted by atomic mass is 10.1. The Bertz CT molecular complexity index is 326. The van der Waals surface area contributed by atoms with Crippen LogP contribution in [0.5, 0.6) is 0 Å². The Balaban J connectivity index is 3.24. The summed E-state index contributed by atoms with van der Waals surface area (Å²) in [4.78, 5) is 4.24. The second kappa shape index (κ2) is 3.68. The molecule has 12 heavy (non-hydrogen) atoms. The maximum Gasteiger partial charge on any atom is 0.106 e. The van der Waals surface area contributed by atoms with Gasteiger partial charge in [0.1, 0.15) is 10.7 Å². The third-order valence-corrected chi connectivity index (χ3v) is 2.00. The van der Waals surface area contributed by atoms with Gasteiger partial charge in [-0.25, -0.2) is 4.98 Å². The maximum absolute atomic E-state index is 8.75. The van der Waals surface area contributed by atoms with Gasteiger partial charge in [-0.1, -0.05) is 13.8 Å². The lowest BCUT2D eigenvalue weighted by Crippen LogP contribution is -1.96. The van der Waals surface area contributed by atoms with Gasteiger partial charge in [0.05, 0.1) is 11.3 Å². The third kappa shape index (κ3) is 1.83. The van der Waals surface area contributed by atoms with Crippen molar-refractivity contribution in [2.75, 3.05) is 0 Å². The normalized spacial score (nSPS) is 9.92. The summed E-state index contributed by atoms with van der Waals surface area (Å²) >= 11 is 3.27. The summed E-state index contributed by atoms with van der Waals surface area (Å²) in [5.74, 6) is 0.289. The standard InChI is InChI=1S/C9H9BrN2/c1-6(2)9-7(5-11)3-4-8(10)12-9/h3-4,6H,1-2H3. The first kappa shape index (κ1) is 9.21. The fourth-order valence-electron chi connectivity index (χ4n) is 0.985. The highest BCUT2D eigenvalue weighted by atomic mass is 79.9. The van der Waals surface area contributed by atoms with Gasteiger partial charge in [-0.2, -0.15) is 5.26 Å². The molecule has 1 rings (SSSR count). The van der Waals surface area contributed by atoms with Crippen molar-refractivity contribution in [2.45, 2.75) is 19.8 Å². The van der Waals surface area contributed by atoms with Crippen LogP contribution >= 0.6 is 15.9 Å². The van der Waals surface area contributed by atoms with Crippen molar-refractivity contribution >= 4 is 15.9 Å². The van der Waals surface area contributed by atoms with Gasteiger partial charge in [0, 0.05) is 0 Å². The van der Waals surface area contributed by atoms with Crippen LogP contribution in [0.1, 0.15) is 31.0 Å². The van der Waals surface area contributed by atoms with Gasteiger partial charge in [-0.05, 0) is 34.0 Å². The summed E-state index contributed by atoms with van der Waals surface area (Å²) in [6.45, 7) is 4.05. The van der Waals surface area contributed by atoms with Crippen LogP contribution in [-0.4, -0.2) is 4.98 Å². The van der Waals surface area contributed by atoms with Crippen LogP contribution in [-0.2, 0) is 0 Å². The largest absolute Gasteiger partial charge is 0.244 e. The highest BCUT2D eigenvalue weighted by Crippen LogP contribution is 2.18. The molecule has 0 aliphatic carbocycles. The molecular weight excluding hydrogens is 216 g/mol. The first-order chi connectivity index (χ1) is 5.65. The van der Waals surface area contributed by atoms with Crippen LogP contribution in [0.4, 0.5) is 0 Å². The van der Waals surface area contributed by atoms with Gasteiger partial charge in [-0.3, -0.25) is 0 Å². The molecule has 1 aromatic heterocycles. The molecule has 0 bridgehead atoms. The Morgan fingerprint density at radius 2 is 2.17 bits per heavy atom. The Morgan fingerprint density at radius 1 is 1.50 bits per heavy atom. The second-order valence-electron chi connectivity index (χ2n) is 2.83. The molecule has 0 aliphatic rings. The minimum Gasteiger partial charge on any atom is -0.244 e. The van der Waals surface area contributed by atoms with Crippen molar-refractivity contribution < 1.29 is 0 Å². The van der Waals surface area contributed by atoms with Crippen LogP contribution in [0.25, 0.3) is 0 Å². The average molecular weight is 225 g/mol. The summed E-state index contributed by atoms with van der Waals surface area (Å²) in [5, 5.41) is 8.75. The van der Waals surface area contributed by atoms with Crippen LogP contribution in [0.15, 0.2) is 16.7 Å². The zero-order valence-electron chi connectivity index (χ0n) is 7.00. The van der Waals surface area contributed by atoms with Crippen LogP contribution < -0.4 is 0 Å². The summed E-state index contributed by atoms with van der Waals surface area (Å²) in [6.07, 6.45) is 0. The van der Waals surface area contributed by atoms with Gasteiger partial charge in [0.15, 0.2) is 0 Å². The Kier molecular flexibility index (Phi) is 2.83. The molecule has 2 nitrogen and oxygen atoms in total. The predicted molar refractivity (Wildman–Crippen MR) is 50.7 cm³/mol. The number of hydrogen-bond acceptors (Lipinski definition) is 2. The molecule has 0 aromatic carbocycles. The van der Waals surface area contributed by atoms with E-state index in [1.54, 1.807) is 12.1 Å². The third-order valence-electron chi connectivity index (χ3n) is 1.56. The van der Waals surface area contributed by atoms with Gasteiger partial charge in [0.25, 0.3) is 0 Å². The molecule has 1 aromatic rings. The smallest absolute Gasteiger partial charge is 0.106 e. The lowest BCUT2D eigenvalue weighted by Gasteiger charge is -2.05. The maximum atomic E-state index is 8.75. The summed E-state index contributed by atoms with van der Waals surface area (Å²) in [6, 6.07) is 5.69. The van der Waals surface area contributed by atoms with Crippen molar-refractivity contribution in [3.63, 3.8) is 0 Å². The molecule has 1 heterocycles. The lowest BCUT2D eigenvalue weighted by molar-refractivity contribution is 0.814. The van der Waals surface area contributed by atoms with E-state index in [9.17, 15) is 0 Å². The number of halogens is 1. The van der Waals surface area contributed by atoms with Crippen LogP contribution in [0.3, 0.4) is 0 Å². The number of aromatic nitrogens is 1. The fraction of sp³-hybridized carbons (Fsp3) is 0.333. The molecule has 3 heteroatoms. The molecule has 0 atom stereocenters. The first-order valence-corrected chi connectivity index (χ1v) is 4.51. The highest BCUT2D eigenvalue weighted by Gasteiger charge is 2.07. The minimum atomic E-state index is 0.289. The Labute approximate surface area is 80.4 Å². The van der Waals surface area contributed by atoms with E-state index in [0.29, 0.717) is 5.56 Å². The average Bonchev–Trinajstić information content (AvgIpc) is 2.04. The first-order valence-electron chi connectivity index (χ1n) is 3.71. The SMILES string of the molecule is CC(C)c1nc(Br)ccc1C#N. The van der Waals surface area contributed by atoms with E-state index in [1.807, 2.05) is 13.8 Å². The summed E-state index contributed by atoms with van der Waals surface area (Å²) in [7, 11) is 0. The van der Waals surface area contributed by atoms with E-state index in [4.69, 9.17) is 5.26 Å². The van der Waals surface area contributed by atoms with Gasteiger partial charge in [-0.15, -0.1) is 0 Å². The Morgan fingerprint density at radius 3 is 2.67 bits per heavy atom. The number of nitriles is 1. The molecule has 62 valence electrons. The monoisotopic (exact) mass is 224 g/mol. The van der Waals surface area contributed by atoms with Crippen molar-refractivity contribution in [2.24, 2.45) is 0 Å². The zero-order chi connectivity index (χ0) is 9.14. The molecular formula is C9H9BrN2. The highest BCUT2D eigenvalue weighted by molar-refractivity contribution is 9.10. The van der Waals surface area contributed by atoms with Gasteiger partial charge in [0.2, 0.25) is 0 Å². The molecule has 0 spiro atoms. The number of nitrogens with zero attached hydrogens (tertiary/aromatic N) is 2. The molecule has 0 unspecified atom stereocenters. The fourth-order valence-corrected chi connectivity index (χ4v) is 1.31. The Hall–Kier alpha value is -0.880. The van der Waals surface area contributed by atoms with Crippen LogP contribution in [0, 0.1) is 11.3 Å². The van der Waals surface area contributed by atoms with E-state index in [2.05, 4.69) is 27.0 Å². The van der Waals surface area contributed by atoms with Gasteiger partial charge < -0.3 is 0 Å². The zero-order valence-corrected chi connectivity index (χ0v) is 8.59. The minimum absolute atomic E-state index is 0.289. The summed E-state index contributed by atoms with van der Waals surface area (Å²) < 4.78 is 0.783. The van der Waals surface area contributed by atoms with Crippen LogP contribution in [0.2, 0.25) is 0 Å². The molecule has 0 N–H and O–H groups in total. The number of rotatable bonds is 1. The van der Waals surface area contributed by atoms with E-state index in [-0.39, 0.29) is 5.92 Å². The van der Waals surface area contributed by atoms with Crippen molar-refractivity contribution in [1.82, 2.24) is 4.98 Å². The molecule has 0 amide bonds. The predicted octanol–water partition coefficient (Wildman–Crippen LogP) is 2.84. The van der Waals surface area contributed by atoms with E-state index in [0.717, 1.165) is 10.3 Å². The molecule has 0 saturated heterocycles. The quantitative estimate of drug-likeness (QED) is 0.689. The van der Waals surface area contributed by atoms with Crippen molar-refractivity contribution in [3.05, 3.63) is 28.0 Å². The molecule has 0 radical (unpaired) electrons. The molecule has 0 fully saturated rings. The topological polar surface area (TPSA) is 36.7 Å².